The minimum atomic E-state index is -0.100. The van der Waals surface area contributed by atoms with Crippen molar-refractivity contribution >= 4 is 16.7 Å². The van der Waals surface area contributed by atoms with Gasteiger partial charge in [-0.15, -0.1) is 0 Å². The van der Waals surface area contributed by atoms with Crippen LogP contribution in [-0.2, 0) is 7.05 Å². The van der Waals surface area contributed by atoms with Crippen LogP contribution >= 0.6 is 0 Å². The van der Waals surface area contributed by atoms with Gasteiger partial charge in [-0.2, -0.15) is 0 Å². The number of carbonyl (C=O) groups excluding carboxylic acids is 1. The van der Waals surface area contributed by atoms with Crippen LogP contribution in [0.3, 0.4) is 0 Å². The summed E-state index contributed by atoms with van der Waals surface area (Å²) in [6, 6.07) is 7.50. The van der Waals surface area contributed by atoms with Crippen LogP contribution in [0.25, 0.3) is 10.8 Å². The lowest BCUT2D eigenvalue weighted by Gasteiger charge is -2.28. The van der Waals surface area contributed by atoms with E-state index in [1.54, 1.807) is 7.05 Å². The summed E-state index contributed by atoms with van der Waals surface area (Å²) in [6.07, 6.45) is 3.28. The lowest BCUT2D eigenvalue weighted by atomic mass is 10.0. The van der Waals surface area contributed by atoms with Crippen LogP contribution in [0.4, 0.5) is 0 Å². The van der Waals surface area contributed by atoms with Crippen molar-refractivity contribution in [2.75, 3.05) is 13.1 Å². The van der Waals surface area contributed by atoms with Gasteiger partial charge in [-0.25, -0.2) is 0 Å². The second-order valence-corrected chi connectivity index (χ2v) is 5.74. The Balaban J connectivity index is 2.18. The Morgan fingerprint density at radius 2 is 1.67 bits per heavy atom. The van der Waals surface area contributed by atoms with Crippen LogP contribution in [0.15, 0.2) is 29.1 Å². The van der Waals surface area contributed by atoms with Crippen molar-refractivity contribution in [3.05, 3.63) is 45.9 Å². The number of hydrogen-bond donors (Lipinski definition) is 0. The maximum Gasteiger partial charge on any atom is 0.270 e. The Morgan fingerprint density at radius 1 is 1.05 bits per heavy atom. The number of carbonyl (C=O) groups is 1. The number of fused-ring (bicyclic) bond motifs is 1. The molecule has 2 heterocycles. The number of piperidine rings is 1. The van der Waals surface area contributed by atoms with Crippen molar-refractivity contribution in [1.82, 2.24) is 9.47 Å². The SMILES string of the molecule is Cc1c(C(=O)N2CCCCC2)n(C)c(=O)c2ccccc12. The molecule has 0 spiro atoms. The molecule has 0 unspecified atom stereocenters. The van der Waals surface area contributed by atoms with Crippen molar-refractivity contribution in [2.45, 2.75) is 26.2 Å². The smallest absolute Gasteiger partial charge is 0.270 e. The van der Waals surface area contributed by atoms with E-state index in [2.05, 4.69) is 0 Å². The maximum atomic E-state index is 12.8. The van der Waals surface area contributed by atoms with Gasteiger partial charge in [-0.3, -0.25) is 9.59 Å². The second kappa shape index (κ2) is 5.35. The zero-order chi connectivity index (χ0) is 15.0. The topological polar surface area (TPSA) is 42.3 Å². The fourth-order valence-corrected chi connectivity index (χ4v) is 3.21. The number of pyridine rings is 1. The third-order valence-corrected chi connectivity index (χ3v) is 4.40. The molecule has 1 aromatic heterocycles. The number of aromatic nitrogens is 1. The Hall–Kier alpha value is -2.10. The quantitative estimate of drug-likeness (QED) is 0.807. The molecule has 1 aliphatic rings. The molecule has 1 aliphatic heterocycles. The minimum Gasteiger partial charge on any atom is -0.337 e. The van der Waals surface area contributed by atoms with Gasteiger partial charge in [0, 0.05) is 25.5 Å². The molecule has 1 aromatic carbocycles. The van der Waals surface area contributed by atoms with Crippen molar-refractivity contribution in [2.24, 2.45) is 7.05 Å². The van der Waals surface area contributed by atoms with E-state index in [4.69, 9.17) is 0 Å². The minimum absolute atomic E-state index is 0.0162. The second-order valence-electron chi connectivity index (χ2n) is 5.74. The average Bonchev–Trinajstić information content (AvgIpc) is 2.53. The summed E-state index contributed by atoms with van der Waals surface area (Å²) in [6.45, 7) is 3.51. The number of rotatable bonds is 1. The highest BCUT2D eigenvalue weighted by Gasteiger charge is 2.23. The Labute approximate surface area is 124 Å². The predicted octanol–water partition coefficient (Wildman–Crippen LogP) is 2.47. The number of amides is 1. The van der Waals surface area contributed by atoms with Crippen molar-refractivity contribution in [1.29, 1.82) is 0 Å². The molecule has 0 bridgehead atoms. The van der Waals surface area contributed by atoms with E-state index in [0.29, 0.717) is 11.1 Å². The Morgan fingerprint density at radius 3 is 2.33 bits per heavy atom. The molecule has 2 aromatic rings. The summed E-state index contributed by atoms with van der Waals surface area (Å²) in [7, 11) is 1.69. The van der Waals surface area contributed by atoms with Gasteiger partial charge in [0.1, 0.15) is 5.69 Å². The summed E-state index contributed by atoms with van der Waals surface area (Å²) in [5, 5.41) is 1.55. The Bertz CT molecular complexity index is 755. The van der Waals surface area contributed by atoms with Crippen LogP contribution < -0.4 is 5.56 Å². The number of aryl methyl sites for hydroxylation is 1. The molecule has 1 amide bonds. The van der Waals surface area contributed by atoms with Crippen LogP contribution in [0.5, 0.6) is 0 Å². The lowest BCUT2D eigenvalue weighted by Crippen LogP contribution is -2.39. The maximum absolute atomic E-state index is 12.8. The van der Waals surface area contributed by atoms with Gasteiger partial charge in [0.25, 0.3) is 11.5 Å². The molecule has 0 N–H and O–H groups in total. The van der Waals surface area contributed by atoms with Gasteiger partial charge in [0.05, 0.1) is 0 Å². The highest BCUT2D eigenvalue weighted by Crippen LogP contribution is 2.21. The fourth-order valence-electron chi connectivity index (χ4n) is 3.21. The van der Waals surface area contributed by atoms with Gasteiger partial charge in [-0.1, -0.05) is 18.2 Å². The predicted molar refractivity (Wildman–Crippen MR) is 83.7 cm³/mol. The van der Waals surface area contributed by atoms with Gasteiger partial charge in [0.2, 0.25) is 0 Å². The van der Waals surface area contributed by atoms with Gasteiger partial charge in [-0.05, 0) is 43.2 Å². The highest BCUT2D eigenvalue weighted by atomic mass is 16.2. The van der Waals surface area contributed by atoms with Crippen LogP contribution in [0.1, 0.15) is 35.3 Å². The van der Waals surface area contributed by atoms with Gasteiger partial charge < -0.3 is 9.47 Å². The van der Waals surface area contributed by atoms with Gasteiger partial charge >= 0.3 is 0 Å². The summed E-state index contributed by atoms with van der Waals surface area (Å²) < 4.78 is 1.51. The standard InChI is InChI=1S/C17H20N2O2/c1-12-13-8-4-5-9-14(13)16(20)18(2)15(12)17(21)19-10-6-3-7-11-19/h4-5,8-9H,3,6-7,10-11H2,1-2H3. The summed E-state index contributed by atoms with van der Waals surface area (Å²) in [4.78, 5) is 27.2. The van der Waals surface area contributed by atoms with Gasteiger partial charge in [0.15, 0.2) is 0 Å². The van der Waals surface area contributed by atoms with E-state index in [0.717, 1.165) is 36.9 Å². The van der Waals surface area contributed by atoms with E-state index in [9.17, 15) is 9.59 Å². The van der Waals surface area contributed by atoms with E-state index in [1.165, 1.54) is 11.0 Å². The first-order valence-corrected chi connectivity index (χ1v) is 7.49. The van der Waals surface area contributed by atoms with E-state index < -0.39 is 0 Å². The Kier molecular flexibility index (Phi) is 3.53. The molecule has 1 fully saturated rings. The molecule has 0 atom stereocenters. The normalized spacial score (nSPS) is 15.4. The lowest BCUT2D eigenvalue weighted by molar-refractivity contribution is 0.0712. The molecular weight excluding hydrogens is 264 g/mol. The van der Waals surface area contributed by atoms with E-state index >= 15 is 0 Å². The number of likely N-dealkylation sites (tertiary alicyclic amines) is 1. The number of benzene rings is 1. The first-order valence-electron chi connectivity index (χ1n) is 7.49. The molecule has 3 rings (SSSR count). The largest absolute Gasteiger partial charge is 0.337 e. The van der Waals surface area contributed by atoms with Crippen molar-refractivity contribution < 1.29 is 4.79 Å². The molecule has 0 saturated carbocycles. The molecule has 4 heteroatoms. The average molecular weight is 284 g/mol. The monoisotopic (exact) mass is 284 g/mol. The molecule has 0 aliphatic carbocycles. The number of hydrogen-bond acceptors (Lipinski definition) is 2. The molecule has 4 nitrogen and oxygen atoms in total. The molecule has 0 radical (unpaired) electrons. The summed E-state index contributed by atoms with van der Waals surface area (Å²) >= 11 is 0. The molecule has 21 heavy (non-hydrogen) atoms. The number of nitrogens with zero attached hydrogens (tertiary/aromatic N) is 2. The zero-order valence-corrected chi connectivity index (χ0v) is 12.6. The zero-order valence-electron chi connectivity index (χ0n) is 12.6. The first kappa shape index (κ1) is 13.9. The van der Waals surface area contributed by atoms with Crippen LogP contribution in [-0.4, -0.2) is 28.5 Å². The van der Waals surface area contributed by atoms with Crippen LogP contribution in [0, 0.1) is 6.92 Å². The molecular formula is C17H20N2O2. The third-order valence-electron chi connectivity index (χ3n) is 4.40. The fraction of sp³-hybridized carbons (Fsp3) is 0.412. The van der Waals surface area contributed by atoms with E-state index in [1.807, 2.05) is 36.1 Å². The first-order chi connectivity index (χ1) is 10.1. The molecule has 1 saturated heterocycles. The van der Waals surface area contributed by atoms with Crippen molar-refractivity contribution in [3.63, 3.8) is 0 Å². The summed E-state index contributed by atoms with van der Waals surface area (Å²) in [5.74, 6) is -0.0162. The van der Waals surface area contributed by atoms with E-state index in [-0.39, 0.29) is 11.5 Å². The van der Waals surface area contributed by atoms with Crippen molar-refractivity contribution in [3.8, 4) is 0 Å². The third kappa shape index (κ3) is 2.24. The molecule has 110 valence electrons. The summed E-state index contributed by atoms with van der Waals surface area (Å²) in [5.41, 5.74) is 1.32. The highest BCUT2D eigenvalue weighted by molar-refractivity contribution is 5.99. The van der Waals surface area contributed by atoms with Crippen LogP contribution in [0.2, 0.25) is 0 Å².